The third-order valence-corrected chi connectivity index (χ3v) is 5.82. The largest absolute Gasteiger partial charge is 1.00 e. The van der Waals surface area contributed by atoms with Crippen LogP contribution in [-0.4, -0.2) is 13.0 Å². The van der Waals surface area contributed by atoms with E-state index in [-0.39, 0.29) is 56.3 Å². The number of hydrogen-bond acceptors (Lipinski definition) is 3. The van der Waals surface area contributed by atoms with E-state index in [4.69, 9.17) is 0 Å². The SMILES string of the molecule is CCCCCCc1ccc2c(S(=O)(=O)[O-])cc(CCCCCC)cc2c1.[K+]. The molecule has 0 aliphatic rings. The van der Waals surface area contributed by atoms with Gasteiger partial charge in [0.2, 0.25) is 0 Å². The molecule has 0 saturated heterocycles. The number of benzene rings is 2. The number of hydrogen-bond donors (Lipinski definition) is 0. The summed E-state index contributed by atoms with van der Waals surface area (Å²) in [5.74, 6) is 0. The standard InChI is InChI=1S/C22H32O3S.K/c1-3-5-7-9-11-18-13-14-21-20(15-18)16-19(12-10-8-6-4-2)17-22(21)26(23,24)25;/h13-17H,3-12H2,1-2H3,(H,23,24,25);/q;+1/p-1. The van der Waals surface area contributed by atoms with Crippen molar-refractivity contribution in [2.24, 2.45) is 0 Å². The molecule has 0 bridgehead atoms. The van der Waals surface area contributed by atoms with E-state index in [0.29, 0.717) is 5.39 Å². The Kier molecular flexibility index (Phi) is 11.9. The molecule has 0 N–H and O–H groups in total. The van der Waals surface area contributed by atoms with Crippen molar-refractivity contribution >= 4 is 20.9 Å². The van der Waals surface area contributed by atoms with Gasteiger partial charge in [0.25, 0.3) is 0 Å². The molecule has 0 heterocycles. The van der Waals surface area contributed by atoms with Crippen molar-refractivity contribution in [1.82, 2.24) is 0 Å². The van der Waals surface area contributed by atoms with Crippen molar-refractivity contribution < 1.29 is 64.4 Å². The van der Waals surface area contributed by atoms with Crippen LogP contribution in [0.15, 0.2) is 35.2 Å². The van der Waals surface area contributed by atoms with Gasteiger partial charge in [0.05, 0.1) is 4.90 Å². The first-order chi connectivity index (χ1) is 12.5. The number of rotatable bonds is 11. The number of fused-ring (bicyclic) bond motifs is 1. The van der Waals surface area contributed by atoms with E-state index in [0.717, 1.165) is 43.1 Å². The third-order valence-electron chi connectivity index (χ3n) is 4.95. The van der Waals surface area contributed by atoms with Crippen LogP contribution in [0.1, 0.15) is 76.3 Å². The summed E-state index contributed by atoms with van der Waals surface area (Å²) in [6.45, 7) is 4.36. The van der Waals surface area contributed by atoms with Gasteiger partial charge >= 0.3 is 51.4 Å². The third kappa shape index (κ3) is 8.25. The molecular weight excluding hydrogens is 383 g/mol. The topological polar surface area (TPSA) is 57.2 Å². The van der Waals surface area contributed by atoms with Gasteiger partial charge in [0, 0.05) is 0 Å². The molecular formula is C22H31KO3S. The molecule has 0 aliphatic heterocycles. The van der Waals surface area contributed by atoms with Gasteiger partial charge in [-0.2, -0.15) is 0 Å². The zero-order valence-electron chi connectivity index (χ0n) is 17.1. The summed E-state index contributed by atoms with van der Waals surface area (Å²) in [5.41, 5.74) is 2.16. The van der Waals surface area contributed by atoms with E-state index < -0.39 is 10.1 Å². The maximum absolute atomic E-state index is 11.7. The van der Waals surface area contributed by atoms with E-state index in [1.165, 1.54) is 37.7 Å². The van der Waals surface area contributed by atoms with Crippen LogP contribution < -0.4 is 51.4 Å². The molecule has 27 heavy (non-hydrogen) atoms. The van der Waals surface area contributed by atoms with Crippen molar-refractivity contribution in [2.75, 3.05) is 0 Å². The summed E-state index contributed by atoms with van der Waals surface area (Å²) in [6, 6.07) is 9.47. The zero-order valence-corrected chi connectivity index (χ0v) is 21.0. The van der Waals surface area contributed by atoms with E-state index >= 15 is 0 Å². The molecule has 2 aromatic carbocycles. The Morgan fingerprint density at radius 1 is 0.778 bits per heavy atom. The molecule has 0 spiro atoms. The van der Waals surface area contributed by atoms with Crippen LogP contribution in [0.4, 0.5) is 0 Å². The zero-order chi connectivity index (χ0) is 19.0. The summed E-state index contributed by atoms with van der Waals surface area (Å²) >= 11 is 0. The Balaban J connectivity index is 0.00000364. The van der Waals surface area contributed by atoms with Gasteiger partial charge in [0.15, 0.2) is 0 Å². The van der Waals surface area contributed by atoms with E-state index in [1.54, 1.807) is 12.1 Å². The Bertz CT molecular complexity index is 810. The second-order valence-electron chi connectivity index (χ2n) is 7.22. The molecule has 5 heteroatoms. The molecule has 0 aromatic heterocycles. The second kappa shape index (κ2) is 12.7. The molecule has 0 amide bonds. The van der Waals surface area contributed by atoms with Crippen molar-refractivity contribution in [3.8, 4) is 0 Å². The summed E-state index contributed by atoms with van der Waals surface area (Å²) < 4.78 is 35.2. The molecule has 0 saturated carbocycles. The van der Waals surface area contributed by atoms with Crippen molar-refractivity contribution in [3.63, 3.8) is 0 Å². The molecule has 144 valence electrons. The van der Waals surface area contributed by atoms with Crippen LogP contribution in [0.3, 0.4) is 0 Å². The van der Waals surface area contributed by atoms with Crippen molar-refractivity contribution in [1.29, 1.82) is 0 Å². The minimum atomic E-state index is -4.47. The average Bonchev–Trinajstić information content (AvgIpc) is 2.60. The van der Waals surface area contributed by atoms with Gasteiger partial charge in [-0.05, 0) is 53.6 Å². The van der Waals surface area contributed by atoms with Crippen LogP contribution in [0.5, 0.6) is 0 Å². The summed E-state index contributed by atoms with van der Waals surface area (Å²) in [6.07, 6.45) is 11.1. The van der Waals surface area contributed by atoms with Gasteiger partial charge in [-0.3, -0.25) is 0 Å². The minimum absolute atomic E-state index is 0. The van der Waals surface area contributed by atoms with Gasteiger partial charge in [0.1, 0.15) is 10.1 Å². The molecule has 0 radical (unpaired) electrons. The van der Waals surface area contributed by atoms with Crippen molar-refractivity contribution in [3.05, 3.63) is 41.5 Å². The molecule has 0 unspecified atom stereocenters. The van der Waals surface area contributed by atoms with E-state index in [1.807, 2.05) is 6.07 Å². The molecule has 2 rings (SSSR count). The summed E-state index contributed by atoms with van der Waals surface area (Å²) in [7, 11) is -4.47. The molecule has 0 fully saturated rings. The van der Waals surface area contributed by atoms with Crippen LogP contribution in [0.25, 0.3) is 10.8 Å². The monoisotopic (exact) mass is 414 g/mol. The first kappa shape index (κ1) is 25.3. The molecule has 0 aliphatic carbocycles. The Hall–Kier alpha value is 0.246. The van der Waals surface area contributed by atoms with Gasteiger partial charge in [-0.15, -0.1) is 0 Å². The normalized spacial score (nSPS) is 11.5. The quantitative estimate of drug-likeness (QED) is 0.323. The molecule has 2 aromatic rings. The first-order valence-electron chi connectivity index (χ1n) is 9.97. The summed E-state index contributed by atoms with van der Waals surface area (Å²) in [4.78, 5) is -0.0713. The first-order valence-corrected chi connectivity index (χ1v) is 11.4. The van der Waals surface area contributed by atoms with Gasteiger partial charge in [-0.25, -0.2) is 8.42 Å². The predicted octanol–water partition coefficient (Wildman–Crippen LogP) is 2.99. The molecule has 3 nitrogen and oxygen atoms in total. The van der Waals surface area contributed by atoms with Gasteiger partial charge < -0.3 is 4.55 Å². The van der Waals surface area contributed by atoms with Crippen LogP contribution in [-0.2, 0) is 23.0 Å². The van der Waals surface area contributed by atoms with E-state index in [2.05, 4.69) is 26.0 Å². The maximum atomic E-state index is 11.7. The fourth-order valence-electron chi connectivity index (χ4n) is 3.46. The Labute approximate surface area is 207 Å². The second-order valence-corrected chi connectivity index (χ2v) is 8.57. The summed E-state index contributed by atoms with van der Waals surface area (Å²) in [5, 5.41) is 1.43. The predicted molar refractivity (Wildman–Crippen MR) is 108 cm³/mol. The van der Waals surface area contributed by atoms with Crippen LogP contribution in [0.2, 0.25) is 0 Å². The van der Waals surface area contributed by atoms with Crippen LogP contribution >= 0.6 is 0 Å². The van der Waals surface area contributed by atoms with Crippen LogP contribution in [0, 0.1) is 0 Å². The maximum Gasteiger partial charge on any atom is 1.00 e. The Morgan fingerprint density at radius 3 is 1.89 bits per heavy atom. The van der Waals surface area contributed by atoms with Gasteiger partial charge in [-0.1, -0.05) is 76.6 Å². The number of unbranched alkanes of at least 4 members (excludes halogenated alkanes) is 6. The molecule has 0 atom stereocenters. The minimum Gasteiger partial charge on any atom is -0.744 e. The van der Waals surface area contributed by atoms with Crippen molar-refractivity contribution in [2.45, 2.75) is 83.0 Å². The number of aryl methyl sites for hydroxylation is 2. The Morgan fingerprint density at radius 2 is 1.33 bits per heavy atom. The smallest absolute Gasteiger partial charge is 0.744 e. The fraction of sp³-hybridized carbons (Fsp3) is 0.545. The fourth-order valence-corrected chi connectivity index (χ4v) is 4.21. The van der Waals surface area contributed by atoms with E-state index in [9.17, 15) is 13.0 Å². The average molecular weight is 415 g/mol.